The summed E-state index contributed by atoms with van der Waals surface area (Å²) in [5.41, 5.74) is 1.28. The van der Waals surface area contributed by atoms with E-state index in [0.29, 0.717) is 22.3 Å². The zero-order valence-electron chi connectivity index (χ0n) is 13.9. The van der Waals surface area contributed by atoms with Gasteiger partial charge >= 0.3 is 0 Å². The standard InChI is InChI=1S/C18H14ClFN2O3S/c1-24-11-4-6-13(16(8-11)25-2)15-9-26-18(21-15)22-17(23)12-5-3-10(19)7-14(12)20/h3-9H,1-2H3,(H,21,22,23). The van der Waals surface area contributed by atoms with Crippen LogP contribution in [0.25, 0.3) is 11.3 Å². The second-order valence-electron chi connectivity index (χ2n) is 5.18. The van der Waals surface area contributed by atoms with E-state index in [2.05, 4.69) is 10.3 Å². The summed E-state index contributed by atoms with van der Waals surface area (Å²) >= 11 is 6.93. The zero-order valence-corrected chi connectivity index (χ0v) is 15.5. The van der Waals surface area contributed by atoms with Crippen LogP contribution in [0, 0.1) is 5.82 Å². The van der Waals surface area contributed by atoms with E-state index in [1.54, 1.807) is 31.7 Å². The number of carbonyl (C=O) groups is 1. The minimum Gasteiger partial charge on any atom is -0.497 e. The molecule has 0 aliphatic heterocycles. The Kier molecular flexibility index (Phi) is 5.39. The highest BCUT2D eigenvalue weighted by Gasteiger charge is 2.16. The molecule has 0 radical (unpaired) electrons. The molecule has 0 aliphatic carbocycles. The molecule has 0 saturated carbocycles. The smallest absolute Gasteiger partial charge is 0.260 e. The van der Waals surface area contributed by atoms with Gasteiger partial charge in [0.1, 0.15) is 17.3 Å². The summed E-state index contributed by atoms with van der Waals surface area (Å²) in [4.78, 5) is 16.6. The van der Waals surface area contributed by atoms with Crippen molar-refractivity contribution >= 4 is 34.0 Å². The Labute approximate surface area is 158 Å². The summed E-state index contributed by atoms with van der Waals surface area (Å²) in [7, 11) is 3.12. The first-order valence-electron chi connectivity index (χ1n) is 7.46. The molecular formula is C18H14ClFN2O3S. The van der Waals surface area contributed by atoms with E-state index in [4.69, 9.17) is 21.1 Å². The van der Waals surface area contributed by atoms with Crippen LogP contribution in [-0.2, 0) is 0 Å². The SMILES string of the molecule is COc1ccc(-c2csc(NC(=O)c3ccc(Cl)cc3F)n2)c(OC)c1. The first-order valence-corrected chi connectivity index (χ1v) is 8.72. The maximum atomic E-state index is 13.9. The molecule has 0 spiro atoms. The third-order valence-corrected chi connectivity index (χ3v) is 4.58. The van der Waals surface area contributed by atoms with Crippen LogP contribution in [0.15, 0.2) is 41.8 Å². The molecule has 1 heterocycles. The minimum atomic E-state index is -0.691. The fourth-order valence-corrected chi connectivity index (χ4v) is 3.17. The van der Waals surface area contributed by atoms with Crippen molar-refractivity contribution in [2.45, 2.75) is 0 Å². The molecule has 1 amide bonds. The van der Waals surface area contributed by atoms with Crippen LogP contribution < -0.4 is 14.8 Å². The van der Waals surface area contributed by atoms with Crippen molar-refractivity contribution < 1.29 is 18.7 Å². The molecule has 0 aliphatic rings. The molecule has 0 saturated heterocycles. The first-order chi connectivity index (χ1) is 12.5. The Bertz CT molecular complexity index is 961. The molecule has 2 aromatic carbocycles. The van der Waals surface area contributed by atoms with Crippen molar-refractivity contribution in [1.82, 2.24) is 4.98 Å². The van der Waals surface area contributed by atoms with E-state index in [0.717, 1.165) is 11.6 Å². The lowest BCUT2D eigenvalue weighted by Crippen LogP contribution is -2.13. The van der Waals surface area contributed by atoms with Gasteiger partial charge in [0, 0.05) is 22.0 Å². The second-order valence-corrected chi connectivity index (χ2v) is 6.48. The third kappa shape index (κ3) is 3.79. The number of hydrogen-bond donors (Lipinski definition) is 1. The highest BCUT2D eigenvalue weighted by atomic mass is 35.5. The van der Waals surface area contributed by atoms with Crippen LogP contribution in [0.5, 0.6) is 11.5 Å². The summed E-state index contributed by atoms with van der Waals surface area (Å²) in [6, 6.07) is 9.22. The number of amides is 1. The lowest BCUT2D eigenvalue weighted by Gasteiger charge is -2.08. The van der Waals surface area contributed by atoms with Gasteiger partial charge in [-0.1, -0.05) is 11.6 Å². The molecular weight excluding hydrogens is 379 g/mol. The average Bonchev–Trinajstić information content (AvgIpc) is 3.09. The number of hydrogen-bond acceptors (Lipinski definition) is 5. The Balaban J connectivity index is 1.83. The number of nitrogens with one attached hydrogen (secondary N) is 1. The fourth-order valence-electron chi connectivity index (χ4n) is 2.30. The maximum Gasteiger partial charge on any atom is 0.260 e. The molecule has 0 atom stereocenters. The molecule has 0 fully saturated rings. The summed E-state index contributed by atoms with van der Waals surface area (Å²) in [6.45, 7) is 0. The van der Waals surface area contributed by atoms with Gasteiger partial charge in [-0.15, -0.1) is 11.3 Å². The van der Waals surface area contributed by atoms with Crippen molar-refractivity contribution in [1.29, 1.82) is 0 Å². The van der Waals surface area contributed by atoms with Crippen molar-refractivity contribution in [3.63, 3.8) is 0 Å². The normalized spacial score (nSPS) is 10.5. The molecule has 0 bridgehead atoms. The number of carbonyl (C=O) groups excluding carboxylic acids is 1. The average molecular weight is 393 g/mol. The highest BCUT2D eigenvalue weighted by Crippen LogP contribution is 2.35. The van der Waals surface area contributed by atoms with Crippen LogP contribution in [-0.4, -0.2) is 25.1 Å². The quantitative estimate of drug-likeness (QED) is 0.672. The summed E-state index contributed by atoms with van der Waals surface area (Å²) in [5.74, 6) is -0.0331. The van der Waals surface area contributed by atoms with Crippen LogP contribution in [0.2, 0.25) is 5.02 Å². The summed E-state index contributed by atoms with van der Waals surface area (Å²) in [5, 5.41) is 4.93. The number of benzene rings is 2. The molecule has 1 N–H and O–H groups in total. The van der Waals surface area contributed by atoms with Gasteiger partial charge in [-0.3, -0.25) is 10.1 Å². The number of aromatic nitrogens is 1. The Morgan fingerprint density at radius 3 is 2.69 bits per heavy atom. The monoisotopic (exact) mass is 392 g/mol. The first kappa shape index (κ1) is 18.2. The van der Waals surface area contributed by atoms with E-state index in [1.165, 1.54) is 23.5 Å². The van der Waals surface area contributed by atoms with Gasteiger partial charge in [0.2, 0.25) is 0 Å². The van der Waals surface area contributed by atoms with E-state index < -0.39 is 11.7 Å². The molecule has 8 heteroatoms. The number of nitrogens with zero attached hydrogens (tertiary/aromatic N) is 1. The predicted molar refractivity (Wildman–Crippen MR) is 100 cm³/mol. The molecule has 3 rings (SSSR count). The van der Waals surface area contributed by atoms with Crippen LogP contribution in [0.1, 0.15) is 10.4 Å². The Morgan fingerprint density at radius 2 is 2.00 bits per heavy atom. The maximum absolute atomic E-state index is 13.9. The van der Waals surface area contributed by atoms with Gasteiger partial charge in [-0.05, 0) is 30.3 Å². The number of anilines is 1. The van der Waals surface area contributed by atoms with Gasteiger partial charge in [-0.2, -0.15) is 0 Å². The van der Waals surface area contributed by atoms with Crippen molar-refractivity contribution in [3.05, 3.63) is 58.2 Å². The third-order valence-electron chi connectivity index (χ3n) is 3.59. The predicted octanol–water partition coefficient (Wildman–Crippen LogP) is 4.87. The highest BCUT2D eigenvalue weighted by molar-refractivity contribution is 7.14. The molecule has 26 heavy (non-hydrogen) atoms. The Hall–Kier alpha value is -2.64. The number of thiazole rings is 1. The number of methoxy groups -OCH3 is 2. The Morgan fingerprint density at radius 1 is 1.19 bits per heavy atom. The fraction of sp³-hybridized carbons (Fsp3) is 0.111. The minimum absolute atomic E-state index is 0.104. The van der Waals surface area contributed by atoms with E-state index in [-0.39, 0.29) is 10.6 Å². The van der Waals surface area contributed by atoms with Crippen LogP contribution >= 0.6 is 22.9 Å². The topological polar surface area (TPSA) is 60.5 Å². The van der Waals surface area contributed by atoms with Gasteiger partial charge in [-0.25, -0.2) is 9.37 Å². The molecule has 3 aromatic rings. The van der Waals surface area contributed by atoms with Crippen molar-refractivity contribution in [3.8, 4) is 22.8 Å². The largest absolute Gasteiger partial charge is 0.497 e. The number of halogens is 2. The molecule has 0 unspecified atom stereocenters. The number of rotatable bonds is 5. The van der Waals surface area contributed by atoms with Gasteiger partial charge in [0.05, 0.1) is 25.5 Å². The van der Waals surface area contributed by atoms with Gasteiger partial charge in [0.25, 0.3) is 5.91 Å². The van der Waals surface area contributed by atoms with E-state index in [1.807, 2.05) is 6.07 Å². The summed E-state index contributed by atoms with van der Waals surface area (Å²) < 4.78 is 24.4. The second kappa shape index (κ2) is 7.72. The lowest BCUT2D eigenvalue weighted by atomic mass is 10.1. The van der Waals surface area contributed by atoms with Gasteiger partial charge in [0.15, 0.2) is 5.13 Å². The van der Waals surface area contributed by atoms with Crippen molar-refractivity contribution in [2.24, 2.45) is 0 Å². The van der Waals surface area contributed by atoms with Crippen molar-refractivity contribution in [2.75, 3.05) is 19.5 Å². The molecule has 5 nitrogen and oxygen atoms in total. The lowest BCUT2D eigenvalue weighted by molar-refractivity contribution is 0.102. The molecule has 1 aromatic heterocycles. The van der Waals surface area contributed by atoms with Crippen LogP contribution in [0.3, 0.4) is 0 Å². The van der Waals surface area contributed by atoms with E-state index in [9.17, 15) is 9.18 Å². The number of ether oxygens (including phenoxy) is 2. The summed E-state index contributed by atoms with van der Waals surface area (Å²) in [6.07, 6.45) is 0. The van der Waals surface area contributed by atoms with Crippen LogP contribution in [0.4, 0.5) is 9.52 Å². The van der Waals surface area contributed by atoms with E-state index >= 15 is 0 Å². The van der Waals surface area contributed by atoms with Gasteiger partial charge < -0.3 is 9.47 Å². The zero-order chi connectivity index (χ0) is 18.7. The molecule has 134 valence electrons.